The molecule has 0 aliphatic rings. The second kappa shape index (κ2) is 6.63. The largest absolute Gasteiger partial charge is 0.351 e. The summed E-state index contributed by atoms with van der Waals surface area (Å²) in [7, 11) is 0. The number of nitrogens with one attached hydrogen (secondary N) is 1. The first-order valence-electron chi connectivity index (χ1n) is 6.18. The number of nitrogens with zero attached hydrogens (tertiary/aromatic N) is 1. The van der Waals surface area contributed by atoms with Crippen molar-refractivity contribution in [2.75, 3.05) is 6.26 Å². The SMILES string of the molecule is CSc1ccc(CNC(=O)C(C#N)C(C)(C)C)cc1. The lowest BCUT2D eigenvalue weighted by Gasteiger charge is -2.23. The van der Waals surface area contributed by atoms with Crippen LogP contribution in [0.4, 0.5) is 0 Å². The summed E-state index contributed by atoms with van der Waals surface area (Å²) < 4.78 is 0. The van der Waals surface area contributed by atoms with Gasteiger partial charge in [0.25, 0.3) is 0 Å². The molecular weight excluding hydrogens is 256 g/mol. The van der Waals surface area contributed by atoms with Crippen molar-refractivity contribution in [3.63, 3.8) is 0 Å². The number of hydrogen-bond donors (Lipinski definition) is 1. The van der Waals surface area contributed by atoms with Gasteiger partial charge in [0, 0.05) is 11.4 Å². The Kier molecular flexibility index (Phi) is 5.44. The van der Waals surface area contributed by atoms with Gasteiger partial charge < -0.3 is 5.32 Å². The fraction of sp³-hybridized carbons (Fsp3) is 0.467. The second-order valence-corrected chi connectivity index (χ2v) is 6.37. The third-order valence-corrected chi connectivity index (χ3v) is 3.63. The van der Waals surface area contributed by atoms with Crippen molar-refractivity contribution in [3.8, 4) is 6.07 Å². The van der Waals surface area contributed by atoms with Gasteiger partial charge in [0.1, 0.15) is 5.92 Å². The first-order chi connectivity index (χ1) is 8.88. The van der Waals surface area contributed by atoms with Gasteiger partial charge in [-0.25, -0.2) is 0 Å². The number of rotatable bonds is 4. The van der Waals surface area contributed by atoms with Crippen molar-refractivity contribution < 1.29 is 4.79 Å². The minimum atomic E-state index is -0.627. The van der Waals surface area contributed by atoms with Crippen LogP contribution in [0.15, 0.2) is 29.2 Å². The lowest BCUT2D eigenvalue weighted by atomic mass is 9.81. The number of hydrogen-bond acceptors (Lipinski definition) is 3. The molecule has 0 aliphatic heterocycles. The molecule has 1 rings (SSSR count). The first kappa shape index (κ1) is 15.6. The van der Waals surface area contributed by atoms with E-state index in [1.807, 2.05) is 51.3 Å². The minimum Gasteiger partial charge on any atom is -0.351 e. The van der Waals surface area contributed by atoms with Crippen LogP contribution in [-0.2, 0) is 11.3 Å². The van der Waals surface area contributed by atoms with Crippen molar-refractivity contribution in [1.82, 2.24) is 5.32 Å². The highest BCUT2D eigenvalue weighted by Gasteiger charge is 2.30. The van der Waals surface area contributed by atoms with Crippen LogP contribution in [0, 0.1) is 22.7 Å². The van der Waals surface area contributed by atoms with Crippen molar-refractivity contribution in [3.05, 3.63) is 29.8 Å². The summed E-state index contributed by atoms with van der Waals surface area (Å²) >= 11 is 1.68. The summed E-state index contributed by atoms with van der Waals surface area (Å²) in [6, 6.07) is 10.1. The Morgan fingerprint density at radius 2 is 1.95 bits per heavy atom. The molecule has 0 fully saturated rings. The summed E-state index contributed by atoms with van der Waals surface area (Å²) in [6.45, 7) is 6.15. The fourth-order valence-electron chi connectivity index (χ4n) is 1.68. The van der Waals surface area contributed by atoms with Crippen LogP contribution < -0.4 is 5.32 Å². The monoisotopic (exact) mass is 276 g/mol. The molecule has 1 aromatic carbocycles. The maximum absolute atomic E-state index is 12.0. The number of amides is 1. The highest BCUT2D eigenvalue weighted by molar-refractivity contribution is 7.98. The van der Waals surface area contributed by atoms with Gasteiger partial charge in [-0.05, 0) is 29.4 Å². The van der Waals surface area contributed by atoms with Gasteiger partial charge in [-0.3, -0.25) is 4.79 Å². The maximum atomic E-state index is 12.0. The molecule has 0 spiro atoms. The summed E-state index contributed by atoms with van der Waals surface area (Å²) in [5, 5.41) is 11.9. The van der Waals surface area contributed by atoms with Gasteiger partial charge in [0.05, 0.1) is 6.07 Å². The van der Waals surface area contributed by atoms with Crippen LogP contribution in [0.1, 0.15) is 26.3 Å². The van der Waals surface area contributed by atoms with E-state index in [1.165, 1.54) is 4.90 Å². The topological polar surface area (TPSA) is 52.9 Å². The van der Waals surface area contributed by atoms with Crippen LogP contribution in [0.5, 0.6) is 0 Å². The molecule has 0 saturated heterocycles. The van der Waals surface area contributed by atoms with E-state index >= 15 is 0 Å². The second-order valence-electron chi connectivity index (χ2n) is 5.49. The highest BCUT2D eigenvalue weighted by atomic mass is 32.2. The van der Waals surface area contributed by atoms with Crippen LogP contribution >= 0.6 is 11.8 Å². The van der Waals surface area contributed by atoms with Crippen molar-refractivity contribution >= 4 is 17.7 Å². The number of nitriles is 1. The summed E-state index contributed by atoms with van der Waals surface area (Å²) in [5.74, 6) is -0.832. The number of benzene rings is 1. The smallest absolute Gasteiger partial charge is 0.238 e. The summed E-state index contributed by atoms with van der Waals surface area (Å²) in [6.07, 6.45) is 2.03. The third kappa shape index (κ3) is 4.60. The van der Waals surface area contributed by atoms with Crippen LogP contribution in [-0.4, -0.2) is 12.2 Å². The predicted octanol–water partition coefficient (Wildman–Crippen LogP) is 3.21. The molecule has 0 heterocycles. The summed E-state index contributed by atoms with van der Waals surface area (Å²) in [4.78, 5) is 13.2. The molecule has 19 heavy (non-hydrogen) atoms. The zero-order chi connectivity index (χ0) is 14.5. The Bertz CT molecular complexity index is 468. The molecule has 0 radical (unpaired) electrons. The lowest BCUT2D eigenvalue weighted by molar-refractivity contribution is -0.126. The molecule has 102 valence electrons. The standard InChI is InChI=1S/C15H20N2OS/c1-15(2,3)13(9-16)14(18)17-10-11-5-7-12(19-4)8-6-11/h5-8,13H,10H2,1-4H3,(H,17,18). The van der Waals surface area contributed by atoms with E-state index in [0.29, 0.717) is 6.54 Å². The number of thioether (sulfide) groups is 1. The Balaban J connectivity index is 2.61. The molecule has 0 aromatic heterocycles. The van der Waals surface area contributed by atoms with Gasteiger partial charge in [-0.2, -0.15) is 5.26 Å². The van der Waals surface area contributed by atoms with Crippen molar-refractivity contribution in [2.24, 2.45) is 11.3 Å². The van der Waals surface area contributed by atoms with Crippen molar-refractivity contribution in [1.29, 1.82) is 5.26 Å². The van der Waals surface area contributed by atoms with Gasteiger partial charge >= 0.3 is 0 Å². The van der Waals surface area contributed by atoms with E-state index in [2.05, 4.69) is 11.4 Å². The zero-order valence-corrected chi connectivity index (χ0v) is 12.7. The van der Waals surface area contributed by atoms with E-state index < -0.39 is 5.92 Å². The van der Waals surface area contributed by atoms with Crippen molar-refractivity contribution in [2.45, 2.75) is 32.2 Å². The summed E-state index contributed by atoms with van der Waals surface area (Å²) in [5.41, 5.74) is 0.693. The minimum absolute atomic E-state index is 0.205. The molecule has 1 atom stereocenters. The van der Waals surface area contributed by atoms with E-state index in [1.54, 1.807) is 11.8 Å². The van der Waals surface area contributed by atoms with E-state index in [-0.39, 0.29) is 11.3 Å². The molecule has 1 aromatic rings. The average molecular weight is 276 g/mol. The van der Waals surface area contributed by atoms with Crippen LogP contribution in [0.2, 0.25) is 0 Å². The van der Waals surface area contributed by atoms with Gasteiger partial charge in [-0.1, -0.05) is 32.9 Å². The van der Waals surface area contributed by atoms with Crippen LogP contribution in [0.3, 0.4) is 0 Å². The van der Waals surface area contributed by atoms with E-state index in [9.17, 15) is 4.79 Å². The predicted molar refractivity (Wildman–Crippen MR) is 78.6 cm³/mol. The van der Waals surface area contributed by atoms with E-state index in [4.69, 9.17) is 5.26 Å². The van der Waals surface area contributed by atoms with Crippen LogP contribution in [0.25, 0.3) is 0 Å². The highest BCUT2D eigenvalue weighted by Crippen LogP contribution is 2.25. The number of carbonyl (C=O) groups excluding carboxylic acids is 1. The molecule has 1 N–H and O–H groups in total. The lowest BCUT2D eigenvalue weighted by Crippen LogP contribution is -2.36. The van der Waals surface area contributed by atoms with E-state index in [0.717, 1.165) is 5.56 Å². The van der Waals surface area contributed by atoms with Gasteiger partial charge in [0.2, 0.25) is 5.91 Å². The quantitative estimate of drug-likeness (QED) is 0.859. The van der Waals surface area contributed by atoms with Gasteiger partial charge in [-0.15, -0.1) is 11.8 Å². The molecule has 1 unspecified atom stereocenters. The molecule has 0 bridgehead atoms. The zero-order valence-electron chi connectivity index (χ0n) is 11.9. The molecule has 1 amide bonds. The average Bonchev–Trinajstić information content (AvgIpc) is 2.36. The molecule has 3 nitrogen and oxygen atoms in total. The first-order valence-corrected chi connectivity index (χ1v) is 7.41. The molecule has 0 aliphatic carbocycles. The third-order valence-electron chi connectivity index (χ3n) is 2.88. The molecule has 0 saturated carbocycles. The number of carbonyl (C=O) groups is 1. The van der Waals surface area contributed by atoms with Gasteiger partial charge in [0.15, 0.2) is 0 Å². The Hall–Kier alpha value is -1.47. The maximum Gasteiger partial charge on any atom is 0.238 e. The molecular formula is C15H20N2OS. The molecule has 4 heteroatoms. The Labute approximate surface area is 119 Å². The fourth-order valence-corrected chi connectivity index (χ4v) is 2.09. The Morgan fingerprint density at radius 1 is 1.37 bits per heavy atom. The Morgan fingerprint density at radius 3 is 2.37 bits per heavy atom. The normalized spacial score (nSPS) is 12.6.